The van der Waals surface area contributed by atoms with Crippen LogP contribution in [0.25, 0.3) is 0 Å². The van der Waals surface area contributed by atoms with Crippen LogP contribution in [0.3, 0.4) is 0 Å². The number of hydrogen-bond acceptors (Lipinski definition) is 4. The van der Waals surface area contributed by atoms with Gasteiger partial charge in [-0.15, -0.1) is 0 Å². The summed E-state index contributed by atoms with van der Waals surface area (Å²) in [6.45, 7) is 6.42. The first-order valence-corrected chi connectivity index (χ1v) is 9.46. The largest absolute Gasteiger partial charge is 0.381 e. The summed E-state index contributed by atoms with van der Waals surface area (Å²) < 4.78 is 5.45. The van der Waals surface area contributed by atoms with E-state index in [2.05, 4.69) is 12.2 Å². The van der Waals surface area contributed by atoms with Crippen LogP contribution in [0.5, 0.6) is 0 Å². The summed E-state index contributed by atoms with van der Waals surface area (Å²) in [5, 5.41) is 2.82. The van der Waals surface area contributed by atoms with Gasteiger partial charge in [-0.05, 0) is 37.5 Å². The van der Waals surface area contributed by atoms with Gasteiger partial charge in [-0.1, -0.05) is 26.7 Å². The van der Waals surface area contributed by atoms with Gasteiger partial charge in [-0.2, -0.15) is 0 Å². The van der Waals surface area contributed by atoms with Gasteiger partial charge >= 0.3 is 0 Å². The minimum Gasteiger partial charge on any atom is -0.381 e. The van der Waals surface area contributed by atoms with E-state index in [0.717, 1.165) is 38.7 Å². The van der Waals surface area contributed by atoms with Crippen molar-refractivity contribution in [3.05, 3.63) is 34.9 Å². The van der Waals surface area contributed by atoms with E-state index in [1.165, 1.54) is 11.0 Å². The van der Waals surface area contributed by atoms with Crippen molar-refractivity contribution in [3.8, 4) is 0 Å². The molecule has 1 aliphatic heterocycles. The van der Waals surface area contributed by atoms with E-state index < -0.39 is 0 Å². The highest BCUT2D eigenvalue weighted by molar-refractivity contribution is 6.22. The van der Waals surface area contributed by atoms with E-state index in [4.69, 9.17) is 4.74 Å². The van der Waals surface area contributed by atoms with Gasteiger partial charge in [0, 0.05) is 31.9 Å². The first-order chi connectivity index (χ1) is 12.6. The van der Waals surface area contributed by atoms with Crippen LogP contribution in [0.1, 0.15) is 77.0 Å². The van der Waals surface area contributed by atoms with Crippen molar-refractivity contribution in [2.24, 2.45) is 0 Å². The summed E-state index contributed by atoms with van der Waals surface area (Å²) in [5.74, 6) is -0.819. The monoisotopic (exact) mass is 360 g/mol. The predicted molar refractivity (Wildman–Crippen MR) is 99.4 cm³/mol. The van der Waals surface area contributed by atoms with Crippen LogP contribution in [0.4, 0.5) is 0 Å². The Labute approximate surface area is 154 Å². The number of ether oxygens (including phenoxy) is 1. The fourth-order valence-electron chi connectivity index (χ4n) is 2.78. The number of amides is 3. The highest BCUT2D eigenvalue weighted by atomic mass is 16.5. The van der Waals surface area contributed by atoms with Crippen molar-refractivity contribution in [3.63, 3.8) is 0 Å². The van der Waals surface area contributed by atoms with Crippen LogP contribution in [0.15, 0.2) is 18.2 Å². The Morgan fingerprint density at radius 2 is 1.69 bits per heavy atom. The molecule has 26 heavy (non-hydrogen) atoms. The quantitative estimate of drug-likeness (QED) is 0.486. The lowest BCUT2D eigenvalue weighted by molar-refractivity contribution is 0.0652. The molecule has 0 atom stereocenters. The number of rotatable bonds is 11. The summed E-state index contributed by atoms with van der Waals surface area (Å²) in [6.07, 6.45) is 4.57. The van der Waals surface area contributed by atoms with Crippen molar-refractivity contribution < 1.29 is 19.1 Å². The molecule has 6 nitrogen and oxygen atoms in total. The molecule has 0 saturated heterocycles. The van der Waals surface area contributed by atoms with Crippen molar-refractivity contribution in [1.29, 1.82) is 0 Å². The van der Waals surface area contributed by atoms with Gasteiger partial charge in [0.1, 0.15) is 0 Å². The zero-order valence-electron chi connectivity index (χ0n) is 15.7. The third-order valence-corrected chi connectivity index (χ3v) is 4.36. The van der Waals surface area contributed by atoms with Gasteiger partial charge in [0.2, 0.25) is 0 Å². The van der Waals surface area contributed by atoms with Crippen LogP contribution in [-0.2, 0) is 4.74 Å². The van der Waals surface area contributed by atoms with Gasteiger partial charge < -0.3 is 10.1 Å². The standard InChI is InChI=1S/C20H28N2O4/c1-3-5-11-22-19(24)16-9-8-15(14-17(16)20(22)25)18(23)21-10-7-13-26-12-6-4-2/h8-9,14H,3-7,10-13H2,1-2H3,(H,21,23). The second-order valence-corrected chi connectivity index (χ2v) is 6.45. The predicted octanol–water partition coefficient (Wildman–Crippen LogP) is 3.02. The molecular weight excluding hydrogens is 332 g/mol. The van der Waals surface area contributed by atoms with E-state index in [1.807, 2.05) is 6.92 Å². The molecule has 0 fully saturated rings. The Morgan fingerprint density at radius 3 is 2.42 bits per heavy atom. The van der Waals surface area contributed by atoms with E-state index in [1.54, 1.807) is 12.1 Å². The van der Waals surface area contributed by atoms with Gasteiger partial charge in [0.25, 0.3) is 17.7 Å². The topological polar surface area (TPSA) is 75.7 Å². The molecule has 0 unspecified atom stereocenters. The van der Waals surface area contributed by atoms with Crippen LogP contribution in [-0.4, -0.2) is 48.9 Å². The van der Waals surface area contributed by atoms with E-state index >= 15 is 0 Å². The Balaban J connectivity index is 1.89. The number of imide groups is 1. The smallest absolute Gasteiger partial charge is 0.261 e. The molecule has 0 spiro atoms. The van der Waals surface area contributed by atoms with Crippen molar-refractivity contribution in [1.82, 2.24) is 10.2 Å². The Kier molecular flexibility index (Phi) is 7.78. The third-order valence-electron chi connectivity index (χ3n) is 4.36. The molecule has 1 heterocycles. The highest BCUT2D eigenvalue weighted by Crippen LogP contribution is 2.24. The highest BCUT2D eigenvalue weighted by Gasteiger charge is 2.35. The SMILES string of the molecule is CCCCOCCCNC(=O)c1ccc2c(c1)C(=O)N(CCCC)C2=O. The van der Waals surface area contributed by atoms with E-state index in [-0.39, 0.29) is 17.7 Å². The summed E-state index contributed by atoms with van der Waals surface area (Å²) in [4.78, 5) is 38.3. The fourth-order valence-corrected chi connectivity index (χ4v) is 2.78. The molecule has 1 aromatic rings. The lowest BCUT2D eigenvalue weighted by Crippen LogP contribution is -2.30. The van der Waals surface area contributed by atoms with E-state index in [9.17, 15) is 14.4 Å². The average Bonchev–Trinajstić information content (AvgIpc) is 2.89. The summed E-state index contributed by atoms with van der Waals surface area (Å²) in [7, 11) is 0. The second-order valence-electron chi connectivity index (χ2n) is 6.45. The van der Waals surface area contributed by atoms with Gasteiger partial charge in [-0.3, -0.25) is 19.3 Å². The first kappa shape index (κ1) is 20.1. The minimum atomic E-state index is -0.308. The molecule has 6 heteroatoms. The first-order valence-electron chi connectivity index (χ1n) is 9.46. The van der Waals surface area contributed by atoms with Crippen LogP contribution in [0.2, 0.25) is 0 Å². The summed E-state index contributed by atoms with van der Waals surface area (Å²) in [5.41, 5.74) is 1.10. The van der Waals surface area contributed by atoms with Crippen LogP contribution in [0, 0.1) is 0 Å². The molecule has 2 rings (SSSR count). The number of carbonyl (C=O) groups is 3. The molecule has 1 aromatic carbocycles. The molecule has 0 bridgehead atoms. The molecular formula is C20H28N2O4. The van der Waals surface area contributed by atoms with Crippen molar-refractivity contribution >= 4 is 17.7 Å². The van der Waals surface area contributed by atoms with Gasteiger partial charge in [0.15, 0.2) is 0 Å². The maximum Gasteiger partial charge on any atom is 0.261 e. The number of benzene rings is 1. The lowest BCUT2D eigenvalue weighted by Gasteiger charge is -2.12. The molecule has 1 aliphatic rings. The number of carbonyl (C=O) groups excluding carboxylic acids is 3. The normalized spacial score (nSPS) is 13.2. The number of unbranched alkanes of at least 4 members (excludes halogenated alkanes) is 2. The molecule has 1 N–H and O–H groups in total. The molecule has 0 aromatic heterocycles. The Hall–Kier alpha value is -2.21. The maximum absolute atomic E-state index is 12.4. The minimum absolute atomic E-state index is 0.242. The average molecular weight is 360 g/mol. The van der Waals surface area contributed by atoms with Crippen LogP contribution >= 0.6 is 0 Å². The molecule has 3 amide bonds. The number of fused-ring (bicyclic) bond motifs is 1. The zero-order chi connectivity index (χ0) is 18.9. The number of nitrogens with zero attached hydrogens (tertiary/aromatic N) is 1. The van der Waals surface area contributed by atoms with Crippen molar-refractivity contribution in [2.45, 2.75) is 46.0 Å². The summed E-state index contributed by atoms with van der Waals surface area (Å²) >= 11 is 0. The number of nitrogens with one attached hydrogen (secondary N) is 1. The Bertz CT molecular complexity index is 657. The summed E-state index contributed by atoms with van der Waals surface area (Å²) in [6, 6.07) is 4.69. The fraction of sp³-hybridized carbons (Fsp3) is 0.550. The molecule has 0 aliphatic carbocycles. The second kappa shape index (κ2) is 10.1. The van der Waals surface area contributed by atoms with Crippen LogP contribution < -0.4 is 5.32 Å². The maximum atomic E-state index is 12.4. The lowest BCUT2D eigenvalue weighted by atomic mass is 10.1. The van der Waals surface area contributed by atoms with Crippen molar-refractivity contribution in [2.75, 3.05) is 26.3 Å². The van der Waals surface area contributed by atoms with Gasteiger partial charge in [0.05, 0.1) is 11.1 Å². The van der Waals surface area contributed by atoms with Gasteiger partial charge in [-0.25, -0.2) is 0 Å². The zero-order valence-corrected chi connectivity index (χ0v) is 15.7. The number of hydrogen-bond donors (Lipinski definition) is 1. The van der Waals surface area contributed by atoms with E-state index in [0.29, 0.717) is 36.4 Å². The molecule has 142 valence electrons. The third kappa shape index (κ3) is 4.91. The molecule has 0 saturated carbocycles. The molecule has 0 radical (unpaired) electrons. The Morgan fingerprint density at radius 1 is 1.00 bits per heavy atom.